The van der Waals surface area contributed by atoms with Crippen LogP contribution in [-0.2, 0) is 9.59 Å². The molecular formula is C31H35BrN4O3. The maximum absolute atomic E-state index is 12.7. The molecule has 1 fully saturated rings. The Bertz CT molecular complexity index is 1320. The second-order valence-electron chi connectivity index (χ2n) is 10.8. The van der Waals surface area contributed by atoms with E-state index in [4.69, 9.17) is 5.73 Å². The first-order valence-electron chi connectivity index (χ1n) is 12.9. The van der Waals surface area contributed by atoms with Gasteiger partial charge in [0.05, 0.1) is 22.4 Å². The maximum Gasteiger partial charge on any atom is 0.248 e. The van der Waals surface area contributed by atoms with Crippen LogP contribution in [0.15, 0.2) is 83.3 Å². The molecule has 3 aromatic rings. The molecule has 0 radical (unpaired) electrons. The van der Waals surface area contributed by atoms with Gasteiger partial charge in [0.15, 0.2) is 0 Å². The Kier molecular flexibility index (Phi) is 8.90. The van der Waals surface area contributed by atoms with Crippen LogP contribution in [0.3, 0.4) is 0 Å². The number of likely N-dealkylation sites (tertiary alicyclic amines) is 1. The number of aliphatic hydroxyl groups is 1. The van der Waals surface area contributed by atoms with E-state index in [1.807, 2.05) is 60.7 Å². The van der Waals surface area contributed by atoms with Crippen molar-refractivity contribution in [2.45, 2.75) is 25.4 Å². The number of anilines is 3. The highest BCUT2D eigenvalue weighted by molar-refractivity contribution is 9.10. The molecule has 204 valence electrons. The number of β-amino-alcohol motifs (C(OH)–C–C–N with tert-alkyl or cyclic N) is 1. The summed E-state index contributed by atoms with van der Waals surface area (Å²) in [5.74, 6) is -0.336. The SMILES string of the molecule is CC(C)(O)CN1CC(c2ccc(C=CC(=O)Nc3ccccc3N)cc2)C(C=O)(CNc2ccc(Br)cc2)C1. The lowest BCUT2D eigenvalue weighted by Gasteiger charge is -2.30. The average Bonchev–Trinajstić information content (AvgIpc) is 3.25. The van der Waals surface area contributed by atoms with E-state index in [1.54, 1.807) is 32.1 Å². The van der Waals surface area contributed by atoms with Gasteiger partial charge in [-0.15, -0.1) is 0 Å². The second-order valence-corrected chi connectivity index (χ2v) is 11.7. The van der Waals surface area contributed by atoms with Crippen molar-refractivity contribution < 1.29 is 14.7 Å². The molecule has 0 saturated carbocycles. The summed E-state index contributed by atoms with van der Waals surface area (Å²) >= 11 is 3.46. The number of nitrogens with one attached hydrogen (secondary N) is 2. The Morgan fingerprint density at radius 3 is 2.46 bits per heavy atom. The van der Waals surface area contributed by atoms with Crippen molar-refractivity contribution in [3.05, 3.63) is 94.5 Å². The van der Waals surface area contributed by atoms with Gasteiger partial charge in [-0.1, -0.05) is 52.3 Å². The number of carbonyl (C=O) groups excluding carboxylic acids is 2. The molecule has 2 unspecified atom stereocenters. The van der Waals surface area contributed by atoms with Gasteiger partial charge in [0.2, 0.25) is 5.91 Å². The summed E-state index contributed by atoms with van der Waals surface area (Å²) < 4.78 is 0.990. The van der Waals surface area contributed by atoms with Crippen LogP contribution >= 0.6 is 15.9 Å². The standard InChI is InChI=1S/C31H35BrN4O3/c1-30(2,39)19-36-17-26(31(20-36,21-37)18-34-25-14-12-24(32)13-15-25)23-10-7-22(8-11-23)9-16-29(38)35-28-6-4-3-5-27(28)33/h3-16,21,26,34,39H,17-20,33H2,1-2H3,(H,35,38). The summed E-state index contributed by atoms with van der Waals surface area (Å²) in [6.45, 7) is 5.70. The lowest BCUT2D eigenvalue weighted by molar-refractivity contribution is -0.116. The average molecular weight is 592 g/mol. The Hall–Kier alpha value is -3.46. The lowest BCUT2D eigenvalue weighted by atomic mass is 9.75. The monoisotopic (exact) mass is 590 g/mol. The third-order valence-electron chi connectivity index (χ3n) is 6.95. The van der Waals surface area contributed by atoms with Crippen LogP contribution in [0.2, 0.25) is 0 Å². The van der Waals surface area contributed by atoms with E-state index < -0.39 is 11.0 Å². The first-order valence-corrected chi connectivity index (χ1v) is 13.7. The molecule has 1 saturated heterocycles. The van der Waals surface area contributed by atoms with Crippen molar-refractivity contribution in [2.24, 2.45) is 5.41 Å². The molecule has 1 amide bonds. The summed E-state index contributed by atoms with van der Waals surface area (Å²) in [5, 5.41) is 16.7. The van der Waals surface area contributed by atoms with Crippen LogP contribution in [0.1, 0.15) is 30.9 Å². The molecule has 39 heavy (non-hydrogen) atoms. The number of amides is 1. The Morgan fingerprint density at radius 2 is 1.82 bits per heavy atom. The van der Waals surface area contributed by atoms with Crippen molar-refractivity contribution in [2.75, 3.05) is 42.5 Å². The number of nitrogens with two attached hydrogens (primary N) is 1. The molecule has 4 rings (SSSR count). The molecule has 1 heterocycles. The van der Waals surface area contributed by atoms with E-state index in [-0.39, 0.29) is 11.8 Å². The van der Waals surface area contributed by atoms with Crippen LogP contribution in [0, 0.1) is 5.41 Å². The first kappa shape index (κ1) is 28.5. The Labute approximate surface area is 238 Å². The number of nitrogen functional groups attached to an aromatic ring is 1. The minimum atomic E-state index is -0.873. The van der Waals surface area contributed by atoms with E-state index >= 15 is 0 Å². The number of rotatable bonds is 10. The highest BCUT2D eigenvalue weighted by atomic mass is 79.9. The van der Waals surface area contributed by atoms with Crippen LogP contribution < -0.4 is 16.4 Å². The number of hydrogen-bond donors (Lipinski definition) is 4. The van der Waals surface area contributed by atoms with Crippen LogP contribution in [0.5, 0.6) is 0 Å². The van der Waals surface area contributed by atoms with Crippen molar-refractivity contribution in [1.82, 2.24) is 4.90 Å². The lowest BCUT2D eigenvalue weighted by Crippen LogP contribution is -2.41. The number of aldehydes is 1. The minimum absolute atomic E-state index is 0.0670. The van der Waals surface area contributed by atoms with Crippen LogP contribution in [0.4, 0.5) is 17.1 Å². The van der Waals surface area contributed by atoms with Gasteiger partial charge in [0, 0.05) is 48.3 Å². The molecule has 3 aromatic carbocycles. The second kappa shape index (κ2) is 12.2. The largest absolute Gasteiger partial charge is 0.397 e. The number of carbonyl (C=O) groups is 2. The van der Waals surface area contributed by atoms with Crippen molar-refractivity contribution in [3.8, 4) is 0 Å². The predicted molar refractivity (Wildman–Crippen MR) is 162 cm³/mol. The molecule has 0 spiro atoms. The summed E-state index contributed by atoms with van der Waals surface area (Å²) in [7, 11) is 0. The molecule has 0 aromatic heterocycles. The molecule has 2 atom stereocenters. The van der Waals surface area contributed by atoms with Gasteiger partial charge < -0.3 is 26.3 Å². The van der Waals surface area contributed by atoms with Gasteiger partial charge in [-0.25, -0.2) is 0 Å². The van der Waals surface area contributed by atoms with E-state index in [0.717, 1.165) is 27.6 Å². The number of halogens is 1. The number of benzene rings is 3. The van der Waals surface area contributed by atoms with Crippen molar-refractivity contribution >= 4 is 51.3 Å². The molecule has 8 heteroatoms. The van der Waals surface area contributed by atoms with E-state index in [0.29, 0.717) is 37.6 Å². The van der Waals surface area contributed by atoms with E-state index in [1.165, 1.54) is 6.08 Å². The molecule has 0 bridgehead atoms. The molecule has 0 aliphatic carbocycles. The fraction of sp³-hybridized carbons (Fsp3) is 0.290. The molecule has 1 aliphatic rings. The summed E-state index contributed by atoms with van der Waals surface area (Å²) in [4.78, 5) is 27.2. The quantitative estimate of drug-likeness (QED) is 0.148. The summed E-state index contributed by atoms with van der Waals surface area (Å²) in [5.41, 5.74) is 8.28. The van der Waals surface area contributed by atoms with Crippen LogP contribution in [-0.4, -0.2) is 54.0 Å². The van der Waals surface area contributed by atoms with E-state index in [2.05, 4.69) is 31.5 Å². The molecule has 1 aliphatic heterocycles. The normalized spacial score (nSPS) is 19.7. The number of hydrogen-bond acceptors (Lipinski definition) is 6. The molecular weight excluding hydrogens is 556 g/mol. The topological polar surface area (TPSA) is 108 Å². The fourth-order valence-electron chi connectivity index (χ4n) is 5.11. The van der Waals surface area contributed by atoms with Gasteiger partial charge >= 0.3 is 0 Å². The highest BCUT2D eigenvalue weighted by Crippen LogP contribution is 2.42. The minimum Gasteiger partial charge on any atom is -0.397 e. The highest BCUT2D eigenvalue weighted by Gasteiger charge is 2.48. The predicted octanol–water partition coefficient (Wildman–Crippen LogP) is 5.15. The van der Waals surface area contributed by atoms with Crippen molar-refractivity contribution in [3.63, 3.8) is 0 Å². The van der Waals surface area contributed by atoms with Crippen LogP contribution in [0.25, 0.3) is 6.08 Å². The number of para-hydroxylation sites is 2. The van der Waals surface area contributed by atoms with Crippen molar-refractivity contribution in [1.29, 1.82) is 0 Å². The van der Waals surface area contributed by atoms with Gasteiger partial charge in [-0.05, 0) is 67.4 Å². The molecule has 7 nitrogen and oxygen atoms in total. The summed E-state index contributed by atoms with van der Waals surface area (Å²) in [6, 6.07) is 22.9. The zero-order chi connectivity index (χ0) is 28.0. The third kappa shape index (κ3) is 7.56. The van der Waals surface area contributed by atoms with Gasteiger partial charge in [-0.3, -0.25) is 9.69 Å². The summed E-state index contributed by atoms with van der Waals surface area (Å²) in [6.07, 6.45) is 4.29. The van der Waals surface area contributed by atoms with Gasteiger partial charge in [0.1, 0.15) is 6.29 Å². The third-order valence-corrected chi connectivity index (χ3v) is 7.48. The molecule has 5 N–H and O–H groups in total. The Balaban J connectivity index is 1.51. The van der Waals surface area contributed by atoms with Gasteiger partial charge in [0.25, 0.3) is 0 Å². The van der Waals surface area contributed by atoms with Gasteiger partial charge in [-0.2, -0.15) is 0 Å². The zero-order valence-electron chi connectivity index (χ0n) is 22.2. The fourth-order valence-corrected chi connectivity index (χ4v) is 5.37. The van der Waals surface area contributed by atoms with E-state index in [9.17, 15) is 14.7 Å². The smallest absolute Gasteiger partial charge is 0.248 e. The zero-order valence-corrected chi connectivity index (χ0v) is 23.8. The number of nitrogens with zero attached hydrogens (tertiary/aromatic N) is 1. The maximum atomic E-state index is 12.7. The first-order chi connectivity index (χ1) is 18.6. The Morgan fingerprint density at radius 1 is 1.13 bits per heavy atom.